The molecule has 0 aliphatic rings. The largest absolute Gasteiger partial charge is 0.349 e. The number of pyridine rings is 1. The average Bonchev–Trinajstić information content (AvgIpc) is 3.27. The van der Waals surface area contributed by atoms with Crippen LogP contribution in [-0.4, -0.2) is 39.2 Å². The number of para-hydroxylation sites is 1. The highest BCUT2D eigenvalue weighted by atomic mass is 35.5. The van der Waals surface area contributed by atoms with E-state index in [2.05, 4.69) is 20.7 Å². The first-order chi connectivity index (χ1) is 16.8. The number of nitrogens with one attached hydrogen (secondary N) is 2. The van der Waals surface area contributed by atoms with Gasteiger partial charge in [-0.1, -0.05) is 35.9 Å². The summed E-state index contributed by atoms with van der Waals surface area (Å²) < 4.78 is 15.7. The van der Waals surface area contributed by atoms with Crippen molar-refractivity contribution in [3.63, 3.8) is 0 Å². The highest BCUT2D eigenvalue weighted by Gasteiger charge is 2.20. The van der Waals surface area contributed by atoms with E-state index < -0.39 is 17.6 Å². The molecule has 0 unspecified atom stereocenters. The third-order valence-corrected chi connectivity index (χ3v) is 5.34. The van der Waals surface area contributed by atoms with E-state index in [1.165, 1.54) is 41.2 Å². The topological polar surface area (TPSA) is 115 Å². The summed E-state index contributed by atoms with van der Waals surface area (Å²) in [6.45, 7) is 2.04. The number of carbonyl (C=O) groups is 2. The van der Waals surface area contributed by atoms with Crippen molar-refractivity contribution in [1.82, 2.24) is 20.1 Å². The van der Waals surface area contributed by atoms with Gasteiger partial charge >= 0.3 is 0 Å². The molecule has 0 saturated carbocycles. The number of nitrogens with two attached hydrogens (primary N) is 1. The highest BCUT2D eigenvalue weighted by Crippen LogP contribution is 2.27. The fourth-order valence-corrected chi connectivity index (χ4v) is 3.52. The van der Waals surface area contributed by atoms with Crippen LogP contribution in [0.2, 0.25) is 5.02 Å². The van der Waals surface area contributed by atoms with E-state index in [1.807, 2.05) is 6.07 Å². The maximum Gasteiger partial charge on any atom is 0.271 e. The molecule has 2 aromatic carbocycles. The molecule has 8 nitrogen and oxygen atoms in total. The zero-order valence-corrected chi connectivity index (χ0v) is 19.5. The molecule has 0 aliphatic heterocycles. The Balaban J connectivity index is 1.68. The minimum absolute atomic E-state index is 0.0974. The molecular weight excluding hydrogens is 471 g/mol. The quantitative estimate of drug-likeness (QED) is 0.360. The molecule has 0 aliphatic carbocycles. The molecule has 0 radical (unpaired) electrons. The number of halogens is 2. The Kier molecular flexibility index (Phi) is 7.19. The number of aromatic nitrogens is 3. The molecule has 10 heteroatoms. The number of hydrogen-bond donors (Lipinski definition) is 3. The van der Waals surface area contributed by atoms with Crippen molar-refractivity contribution in [3.8, 4) is 16.9 Å². The first-order valence-corrected chi connectivity index (χ1v) is 11.1. The van der Waals surface area contributed by atoms with Crippen molar-refractivity contribution in [2.24, 2.45) is 5.73 Å². The van der Waals surface area contributed by atoms with E-state index >= 15 is 0 Å². The van der Waals surface area contributed by atoms with Crippen molar-refractivity contribution < 1.29 is 14.0 Å². The monoisotopic (exact) mass is 492 g/mol. The second kappa shape index (κ2) is 10.5. The second-order valence-corrected chi connectivity index (χ2v) is 8.24. The van der Waals surface area contributed by atoms with Crippen molar-refractivity contribution in [3.05, 3.63) is 95.0 Å². The van der Waals surface area contributed by atoms with Crippen molar-refractivity contribution in [2.45, 2.75) is 13.0 Å². The van der Waals surface area contributed by atoms with Crippen LogP contribution in [0.3, 0.4) is 0 Å². The van der Waals surface area contributed by atoms with E-state index in [4.69, 9.17) is 17.3 Å². The predicted octanol–water partition coefficient (Wildman–Crippen LogP) is 4.06. The van der Waals surface area contributed by atoms with Crippen molar-refractivity contribution in [1.29, 1.82) is 0 Å². The summed E-state index contributed by atoms with van der Waals surface area (Å²) in [6.07, 6.45) is 1.46. The third-order valence-electron chi connectivity index (χ3n) is 5.01. The minimum atomic E-state index is -0.562. The van der Waals surface area contributed by atoms with Gasteiger partial charge in [-0.15, -0.1) is 0 Å². The molecule has 0 bridgehead atoms. The van der Waals surface area contributed by atoms with Crippen LogP contribution in [0.1, 0.15) is 27.8 Å². The van der Waals surface area contributed by atoms with Crippen molar-refractivity contribution in [2.75, 3.05) is 11.9 Å². The number of hydrogen-bond acceptors (Lipinski definition) is 5. The van der Waals surface area contributed by atoms with Gasteiger partial charge in [-0.05, 0) is 43.3 Å². The van der Waals surface area contributed by atoms with Gasteiger partial charge in [0.2, 0.25) is 0 Å². The van der Waals surface area contributed by atoms with E-state index in [0.717, 1.165) is 0 Å². The molecule has 1 atom stereocenters. The van der Waals surface area contributed by atoms with Crippen LogP contribution >= 0.6 is 11.6 Å². The second-order valence-electron chi connectivity index (χ2n) is 7.83. The van der Waals surface area contributed by atoms with Gasteiger partial charge < -0.3 is 16.4 Å². The summed E-state index contributed by atoms with van der Waals surface area (Å²) in [7, 11) is 0. The molecule has 0 fully saturated rings. The Morgan fingerprint density at radius 2 is 1.86 bits per heavy atom. The number of carbonyl (C=O) groups excluding carboxylic acids is 2. The van der Waals surface area contributed by atoms with Gasteiger partial charge in [-0.25, -0.2) is 9.07 Å². The zero-order valence-electron chi connectivity index (χ0n) is 18.7. The molecule has 2 heterocycles. The molecule has 4 rings (SSSR count). The average molecular weight is 493 g/mol. The number of amides is 2. The molecule has 0 saturated heterocycles. The lowest BCUT2D eigenvalue weighted by atomic mass is 10.1. The van der Waals surface area contributed by atoms with Crippen LogP contribution in [-0.2, 0) is 0 Å². The first-order valence-electron chi connectivity index (χ1n) is 10.7. The molecule has 35 heavy (non-hydrogen) atoms. The Hall–Kier alpha value is -4.08. The minimum Gasteiger partial charge on any atom is -0.349 e. The lowest BCUT2D eigenvalue weighted by Crippen LogP contribution is -2.35. The Labute approximate surface area is 205 Å². The van der Waals surface area contributed by atoms with Crippen LogP contribution in [0.25, 0.3) is 16.9 Å². The Bertz CT molecular complexity index is 1370. The zero-order chi connectivity index (χ0) is 24.9. The normalized spacial score (nSPS) is 11.7. The van der Waals surface area contributed by atoms with Crippen LogP contribution in [0.5, 0.6) is 0 Å². The van der Waals surface area contributed by atoms with Crippen LogP contribution in [0, 0.1) is 5.82 Å². The molecule has 2 aromatic heterocycles. The van der Waals surface area contributed by atoms with Gasteiger partial charge in [-0.2, -0.15) is 5.10 Å². The fourth-order valence-electron chi connectivity index (χ4n) is 3.32. The van der Waals surface area contributed by atoms with E-state index in [-0.39, 0.29) is 40.4 Å². The van der Waals surface area contributed by atoms with Crippen LogP contribution in [0.15, 0.2) is 72.9 Å². The summed E-state index contributed by atoms with van der Waals surface area (Å²) in [5, 5.41) is 9.99. The Morgan fingerprint density at radius 1 is 1.09 bits per heavy atom. The molecule has 4 aromatic rings. The van der Waals surface area contributed by atoms with Crippen LogP contribution in [0.4, 0.5) is 10.2 Å². The molecular formula is C25H22ClFN6O2. The summed E-state index contributed by atoms with van der Waals surface area (Å²) in [5.41, 5.74) is 7.04. The van der Waals surface area contributed by atoms with Gasteiger partial charge in [-0.3, -0.25) is 14.6 Å². The highest BCUT2D eigenvalue weighted by molar-refractivity contribution is 6.34. The maximum absolute atomic E-state index is 14.2. The summed E-state index contributed by atoms with van der Waals surface area (Å²) in [5.74, 6) is -1.27. The maximum atomic E-state index is 14.2. The lowest BCUT2D eigenvalue weighted by molar-refractivity contribution is 0.0945. The summed E-state index contributed by atoms with van der Waals surface area (Å²) in [6, 6.07) is 17.5. The van der Waals surface area contributed by atoms with Crippen molar-refractivity contribution >= 4 is 29.2 Å². The first kappa shape index (κ1) is 24.1. The van der Waals surface area contributed by atoms with Gasteiger partial charge in [0.15, 0.2) is 5.69 Å². The molecule has 4 N–H and O–H groups in total. The molecule has 178 valence electrons. The van der Waals surface area contributed by atoms with Crippen LogP contribution < -0.4 is 16.4 Å². The smallest absolute Gasteiger partial charge is 0.271 e. The van der Waals surface area contributed by atoms with Gasteiger partial charge in [0, 0.05) is 30.4 Å². The molecule has 2 amide bonds. The standard InChI is InChI=1S/C25H22ClFN6O2/c1-15(28)14-30-25(35)21-13-22(33(32-21)17-6-3-2-4-7-17)31-24(34)18-12-16(9-10-19(18)26)23-20(27)8-5-11-29-23/h2-13,15H,14,28H2,1H3,(H,30,35)(H,31,34)/t15-/m1/s1. The fraction of sp³-hybridized carbons (Fsp3) is 0.120. The number of anilines is 1. The summed E-state index contributed by atoms with van der Waals surface area (Å²) in [4.78, 5) is 29.8. The Morgan fingerprint density at radius 3 is 2.57 bits per heavy atom. The SMILES string of the molecule is C[C@@H](N)CNC(=O)c1cc(NC(=O)c2cc(-c3ncccc3F)ccc2Cl)n(-c2ccccc2)n1. The van der Waals surface area contributed by atoms with Gasteiger partial charge in [0.05, 0.1) is 16.3 Å². The number of nitrogens with zero attached hydrogens (tertiary/aromatic N) is 3. The molecule has 0 spiro atoms. The predicted molar refractivity (Wildman–Crippen MR) is 132 cm³/mol. The third kappa shape index (κ3) is 5.53. The van der Waals surface area contributed by atoms with E-state index in [1.54, 1.807) is 37.3 Å². The number of benzene rings is 2. The van der Waals surface area contributed by atoms with Gasteiger partial charge in [0.25, 0.3) is 11.8 Å². The number of rotatable bonds is 7. The van der Waals surface area contributed by atoms with E-state index in [9.17, 15) is 14.0 Å². The van der Waals surface area contributed by atoms with E-state index in [0.29, 0.717) is 11.3 Å². The van der Waals surface area contributed by atoms with Gasteiger partial charge in [0.1, 0.15) is 17.3 Å². The summed E-state index contributed by atoms with van der Waals surface area (Å²) >= 11 is 6.29. The lowest BCUT2D eigenvalue weighted by Gasteiger charge is -2.11.